The molecule has 152 valence electrons. The van der Waals surface area contributed by atoms with E-state index in [0.29, 0.717) is 5.92 Å². The van der Waals surface area contributed by atoms with Gasteiger partial charge in [-0.15, -0.1) is 0 Å². The maximum Gasteiger partial charge on any atom is 0.213 e. The summed E-state index contributed by atoms with van der Waals surface area (Å²) in [6.07, 6.45) is 3.04. The summed E-state index contributed by atoms with van der Waals surface area (Å²) in [5.41, 5.74) is 11.3. The van der Waals surface area contributed by atoms with E-state index in [-0.39, 0.29) is 0 Å². The van der Waals surface area contributed by atoms with E-state index >= 15 is 0 Å². The van der Waals surface area contributed by atoms with Gasteiger partial charge in [-0.3, -0.25) is 4.98 Å². The first kappa shape index (κ1) is 20.3. The highest BCUT2D eigenvalue weighted by Crippen LogP contribution is 2.30. The molecule has 0 unspecified atom stereocenters. The quantitative estimate of drug-likeness (QED) is 0.360. The summed E-state index contributed by atoms with van der Waals surface area (Å²) in [5, 5.41) is 1.25. The van der Waals surface area contributed by atoms with E-state index in [2.05, 4.69) is 101 Å². The van der Waals surface area contributed by atoms with Crippen molar-refractivity contribution >= 4 is 10.9 Å². The van der Waals surface area contributed by atoms with Crippen molar-refractivity contribution in [1.29, 1.82) is 0 Å². The summed E-state index contributed by atoms with van der Waals surface area (Å²) in [6, 6.07) is 20.0. The Hall–Kier alpha value is -3.00. The SMILES string of the molecule is Cc1cc(C)c(C)c(-c2ccc3c(-c4ccc(CC(C)C)nc4)cccc3[n+]2C)c1. The highest BCUT2D eigenvalue weighted by Gasteiger charge is 2.19. The van der Waals surface area contributed by atoms with Gasteiger partial charge in [0.15, 0.2) is 0 Å². The molecule has 0 aliphatic carbocycles. The molecule has 2 aromatic heterocycles. The van der Waals surface area contributed by atoms with Gasteiger partial charge >= 0.3 is 0 Å². The van der Waals surface area contributed by atoms with E-state index in [1.807, 2.05) is 6.20 Å². The second-order valence-electron chi connectivity index (χ2n) is 8.91. The second-order valence-corrected chi connectivity index (χ2v) is 8.91. The first-order valence-corrected chi connectivity index (χ1v) is 10.8. The Bertz CT molecular complexity index is 1220. The minimum absolute atomic E-state index is 0.618. The molecule has 4 rings (SSSR count). The lowest BCUT2D eigenvalue weighted by molar-refractivity contribution is -0.633. The first-order valence-electron chi connectivity index (χ1n) is 10.8. The zero-order chi connectivity index (χ0) is 21.4. The number of hydrogen-bond acceptors (Lipinski definition) is 1. The molecule has 0 atom stereocenters. The van der Waals surface area contributed by atoms with Gasteiger partial charge in [-0.25, -0.2) is 0 Å². The van der Waals surface area contributed by atoms with Crippen molar-refractivity contribution in [2.24, 2.45) is 13.0 Å². The van der Waals surface area contributed by atoms with Gasteiger partial charge in [-0.05, 0) is 68.0 Å². The number of nitrogens with zero attached hydrogens (tertiary/aromatic N) is 2. The smallest absolute Gasteiger partial charge is 0.213 e. The number of aryl methyl sites for hydroxylation is 3. The van der Waals surface area contributed by atoms with Crippen LogP contribution < -0.4 is 4.57 Å². The minimum Gasteiger partial charge on any atom is -0.261 e. The zero-order valence-electron chi connectivity index (χ0n) is 19.0. The van der Waals surface area contributed by atoms with Crippen LogP contribution in [0.1, 0.15) is 36.2 Å². The third kappa shape index (κ3) is 3.75. The van der Waals surface area contributed by atoms with Crippen LogP contribution in [0.3, 0.4) is 0 Å². The maximum absolute atomic E-state index is 4.71. The van der Waals surface area contributed by atoms with Gasteiger partial charge in [-0.2, -0.15) is 4.57 Å². The van der Waals surface area contributed by atoms with Crippen molar-refractivity contribution < 1.29 is 4.57 Å². The molecule has 0 N–H and O–H groups in total. The molecule has 4 aromatic rings. The van der Waals surface area contributed by atoms with Gasteiger partial charge in [0, 0.05) is 35.2 Å². The van der Waals surface area contributed by atoms with Gasteiger partial charge in [-0.1, -0.05) is 43.7 Å². The van der Waals surface area contributed by atoms with E-state index in [4.69, 9.17) is 4.98 Å². The lowest BCUT2D eigenvalue weighted by atomic mass is 9.95. The zero-order valence-corrected chi connectivity index (χ0v) is 19.0. The van der Waals surface area contributed by atoms with Gasteiger partial charge in [0.1, 0.15) is 7.05 Å². The molecule has 0 saturated carbocycles. The molecule has 0 saturated heterocycles. The lowest BCUT2D eigenvalue weighted by Gasteiger charge is -2.12. The number of fused-ring (bicyclic) bond motifs is 1. The number of aromatic nitrogens is 2. The molecular formula is C28H31N2+. The van der Waals surface area contributed by atoms with Crippen LogP contribution in [0.15, 0.2) is 60.8 Å². The Balaban J connectivity index is 1.84. The minimum atomic E-state index is 0.618. The molecule has 0 aliphatic heterocycles. The van der Waals surface area contributed by atoms with Crippen molar-refractivity contribution in [3.05, 3.63) is 83.2 Å². The average Bonchev–Trinajstić information content (AvgIpc) is 2.71. The molecule has 0 amide bonds. The lowest BCUT2D eigenvalue weighted by Crippen LogP contribution is -2.32. The fraction of sp³-hybridized carbons (Fsp3) is 0.286. The van der Waals surface area contributed by atoms with Crippen LogP contribution in [-0.2, 0) is 13.5 Å². The van der Waals surface area contributed by atoms with Crippen molar-refractivity contribution in [1.82, 2.24) is 4.98 Å². The predicted octanol–water partition coefficient (Wildman–Crippen LogP) is 6.52. The highest BCUT2D eigenvalue weighted by molar-refractivity contribution is 5.93. The Morgan fingerprint density at radius 1 is 0.900 bits per heavy atom. The Morgan fingerprint density at radius 3 is 2.40 bits per heavy atom. The van der Waals surface area contributed by atoms with Crippen molar-refractivity contribution in [3.8, 4) is 22.4 Å². The average molecular weight is 396 g/mol. The fourth-order valence-corrected chi connectivity index (χ4v) is 4.38. The van der Waals surface area contributed by atoms with Gasteiger partial charge in [0.05, 0.1) is 5.39 Å². The summed E-state index contributed by atoms with van der Waals surface area (Å²) in [6.45, 7) is 11.0. The van der Waals surface area contributed by atoms with Crippen LogP contribution >= 0.6 is 0 Å². The van der Waals surface area contributed by atoms with Gasteiger partial charge in [0.2, 0.25) is 11.2 Å². The molecular weight excluding hydrogens is 364 g/mol. The molecule has 2 nitrogen and oxygen atoms in total. The summed E-state index contributed by atoms with van der Waals surface area (Å²) < 4.78 is 2.32. The Kier molecular flexibility index (Phi) is 5.42. The molecule has 0 bridgehead atoms. The molecule has 0 spiro atoms. The van der Waals surface area contributed by atoms with Crippen LogP contribution in [0.5, 0.6) is 0 Å². The number of pyridine rings is 2. The summed E-state index contributed by atoms with van der Waals surface area (Å²) in [5.74, 6) is 0.618. The third-order valence-electron chi connectivity index (χ3n) is 6.05. The topological polar surface area (TPSA) is 16.8 Å². The van der Waals surface area contributed by atoms with E-state index < -0.39 is 0 Å². The normalized spacial score (nSPS) is 11.4. The number of hydrogen-bond donors (Lipinski definition) is 0. The standard InChI is InChI=1S/C28H31N2/c1-18(2)14-23-11-10-22(17-29-23)24-8-7-9-27-25(24)12-13-28(30(27)6)26-16-19(3)15-20(4)21(26)5/h7-13,15-18H,14H2,1-6H3/q+1. The Morgan fingerprint density at radius 2 is 1.70 bits per heavy atom. The van der Waals surface area contributed by atoms with Crippen LogP contribution in [0.25, 0.3) is 33.3 Å². The number of rotatable bonds is 4. The molecule has 0 aliphatic rings. The monoisotopic (exact) mass is 395 g/mol. The largest absolute Gasteiger partial charge is 0.261 e. The molecule has 2 aromatic carbocycles. The van der Waals surface area contributed by atoms with Crippen molar-refractivity contribution in [2.45, 2.75) is 41.0 Å². The number of benzene rings is 2. The fourth-order valence-electron chi connectivity index (χ4n) is 4.38. The van der Waals surface area contributed by atoms with Gasteiger partial charge in [0.25, 0.3) is 0 Å². The van der Waals surface area contributed by atoms with Crippen molar-refractivity contribution in [2.75, 3.05) is 0 Å². The third-order valence-corrected chi connectivity index (χ3v) is 6.05. The van der Waals surface area contributed by atoms with E-state index in [0.717, 1.165) is 12.1 Å². The van der Waals surface area contributed by atoms with Crippen LogP contribution in [0.4, 0.5) is 0 Å². The van der Waals surface area contributed by atoms with Crippen LogP contribution in [0.2, 0.25) is 0 Å². The molecule has 30 heavy (non-hydrogen) atoms. The molecule has 0 fully saturated rings. The molecule has 2 heteroatoms. The predicted molar refractivity (Wildman–Crippen MR) is 127 cm³/mol. The second kappa shape index (κ2) is 8.02. The van der Waals surface area contributed by atoms with E-state index in [1.54, 1.807) is 0 Å². The molecule has 0 radical (unpaired) electrons. The van der Waals surface area contributed by atoms with E-state index in [9.17, 15) is 0 Å². The van der Waals surface area contributed by atoms with Crippen LogP contribution in [0, 0.1) is 26.7 Å². The van der Waals surface area contributed by atoms with Crippen LogP contribution in [-0.4, -0.2) is 4.98 Å². The summed E-state index contributed by atoms with van der Waals surface area (Å²) in [7, 11) is 2.17. The summed E-state index contributed by atoms with van der Waals surface area (Å²) in [4.78, 5) is 4.71. The highest BCUT2D eigenvalue weighted by atomic mass is 14.9. The van der Waals surface area contributed by atoms with E-state index in [1.165, 1.54) is 50.0 Å². The van der Waals surface area contributed by atoms with Crippen molar-refractivity contribution in [3.63, 3.8) is 0 Å². The first-order chi connectivity index (χ1) is 14.3. The molecule has 2 heterocycles. The maximum atomic E-state index is 4.71. The Labute approximate surface area is 180 Å². The van der Waals surface area contributed by atoms with Gasteiger partial charge < -0.3 is 0 Å². The summed E-state index contributed by atoms with van der Waals surface area (Å²) >= 11 is 0.